The minimum Gasteiger partial charge on any atom is -0.481 e. The Bertz CT molecular complexity index is 662. The van der Waals surface area contributed by atoms with Gasteiger partial charge in [0.25, 0.3) is 0 Å². The summed E-state index contributed by atoms with van der Waals surface area (Å²) in [5, 5.41) is 8.87. The summed E-state index contributed by atoms with van der Waals surface area (Å²) in [6, 6.07) is 6.31. The van der Waals surface area contributed by atoms with Gasteiger partial charge in [0.15, 0.2) is 0 Å². The van der Waals surface area contributed by atoms with E-state index in [0.717, 1.165) is 0 Å². The van der Waals surface area contributed by atoms with Crippen LogP contribution in [-0.4, -0.2) is 23.8 Å². The predicted octanol–water partition coefficient (Wildman–Crippen LogP) is 2.83. The first-order valence-electron chi connectivity index (χ1n) is 5.60. The van der Waals surface area contributed by atoms with Crippen LogP contribution in [0, 0.1) is 11.3 Å². The molecule has 2 aromatic heterocycles. The second-order valence-corrected chi connectivity index (χ2v) is 3.82. The number of pyridine rings is 1. The van der Waals surface area contributed by atoms with Crippen LogP contribution < -0.4 is 9.47 Å². The Balaban J connectivity index is 2.54. The Morgan fingerprint density at radius 2 is 2.05 bits per heavy atom. The van der Waals surface area contributed by atoms with Crippen LogP contribution in [0.4, 0.5) is 8.78 Å². The normalized spacial score (nSPS) is 10.4. The third-order valence-corrected chi connectivity index (χ3v) is 2.72. The van der Waals surface area contributed by atoms with Gasteiger partial charge in [-0.25, -0.2) is 0 Å². The molecule has 104 valence electrons. The highest BCUT2D eigenvalue weighted by Gasteiger charge is 2.17. The van der Waals surface area contributed by atoms with E-state index >= 15 is 0 Å². The first-order valence-corrected chi connectivity index (χ1v) is 5.60. The van der Waals surface area contributed by atoms with Crippen LogP contribution >= 0.6 is 0 Å². The molecule has 0 spiro atoms. The number of hydrogen-bond donors (Lipinski definition) is 0. The minimum atomic E-state index is -2.78. The average molecular weight is 279 g/mol. The van der Waals surface area contributed by atoms with E-state index in [9.17, 15) is 8.78 Å². The number of hydrogen-bond acceptors (Lipinski definition) is 4. The van der Waals surface area contributed by atoms with Crippen molar-refractivity contribution in [2.45, 2.75) is 6.55 Å². The zero-order valence-corrected chi connectivity index (χ0v) is 10.8. The van der Waals surface area contributed by atoms with E-state index < -0.39 is 6.55 Å². The molecule has 0 bridgehead atoms. The van der Waals surface area contributed by atoms with Crippen molar-refractivity contribution in [3.05, 3.63) is 30.1 Å². The zero-order valence-electron chi connectivity index (χ0n) is 10.8. The molecule has 0 saturated carbocycles. The Hall–Kier alpha value is -2.62. The predicted molar refractivity (Wildman–Crippen MR) is 66.7 cm³/mol. The van der Waals surface area contributed by atoms with E-state index in [2.05, 4.69) is 4.98 Å². The highest BCUT2D eigenvalue weighted by Crippen LogP contribution is 2.32. The van der Waals surface area contributed by atoms with Crippen molar-refractivity contribution in [1.29, 1.82) is 5.26 Å². The molecule has 20 heavy (non-hydrogen) atoms. The van der Waals surface area contributed by atoms with Crippen LogP contribution in [0.1, 0.15) is 12.2 Å². The summed E-state index contributed by atoms with van der Waals surface area (Å²) >= 11 is 0. The number of alkyl halides is 2. The Morgan fingerprint density at radius 3 is 2.55 bits per heavy atom. The van der Waals surface area contributed by atoms with Gasteiger partial charge in [0.2, 0.25) is 11.8 Å². The molecule has 0 aliphatic heterocycles. The summed E-state index contributed by atoms with van der Waals surface area (Å²) in [7, 11) is 2.88. The van der Waals surface area contributed by atoms with E-state index in [1.165, 1.54) is 26.5 Å². The van der Waals surface area contributed by atoms with Crippen molar-refractivity contribution in [2.24, 2.45) is 0 Å². The van der Waals surface area contributed by atoms with Crippen molar-refractivity contribution in [2.75, 3.05) is 14.2 Å². The smallest absolute Gasteiger partial charge is 0.319 e. The summed E-state index contributed by atoms with van der Waals surface area (Å²) in [4.78, 5) is 4.07. The molecule has 0 radical (unpaired) electrons. The average Bonchev–Trinajstić information content (AvgIpc) is 2.90. The van der Waals surface area contributed by atoms with Crippen LogP contribution in [0.5, 0.6) is 11.8 Å². The number of halogens is 2. The molecule has 0 aliphatic carbocycles. The molecule has 7 heteroatoms. The van der Waals surface area contributed by atoms with Crippen molar-refractivity contribution in [1.82, 2.24) is 9.55 Å². The van der Waals surface area contributed by atoms with Crippen molar-refractivity contribution >= 4 is 0 Å². The van der Waals surface area contributed by atoms with Crippen molar-refractivity contribution in [3.63, 3.8) is 0 Å². The molecule has 0 aliphatic rings. The van der Waals surface area contributed by atoms with Crippen LogP contribution in [0.2, 0.25) is 0 Å². The standard InChI is InChI=1S/C13H11F2N3O2/c1-19-11-4-3-10(12(17-11)20-2)8-5-9(6-16)18(7-8)13(14)15/h3-5,7,13H,1-2H3. The van der Waals surface area contributed by atoms with Crippen LogP contribution in [0.25, 0.3) is 11.1 Å². The van der Waals surface area contributed by atoms with Crippen LogP contribution in [-0.2, 0) is 0 Å². The summed E-state index contributed by atoms with van der Waals surface area (Å²) in [6.07, 6.45) is 1.19. The molecule has 0 unspecified atom stereocenters. The van der Waals surface area contributed by atoms with Gasteiger partial charge in [0.1, 0.15) is 11.8 Å². The summed E-state index contributed by atoms with van der Waals surface area (Å²) in [5.74, 6) is 0.583. The Labute approximate surface area is 114 Å². The first-order chi connectivity index (χ1) is 9.60. The Kier molecular flexibility index (Phi) is 3.84. The molecule has 2 heterocycles. The van der Waals surface area contributed by atoms with E-state index in [1.54, 1.807) is 18.2 Å². The highest BCUT2D eigenvalue weighted by molar-refractivity contribution is 5.70. The fourth-order valence-electron chi connectivity index (χ4n) is 1.79. The first kappa shape index (κ1) is 13.8. The molecule has 0 N–H and O–H groups in total. The second kappa shape index (κ2) is 5.57. The van der Waals surface area contributed by atoms with Crippen LogP contribution in [0.3, 0.4) is 0 Å². The van der Waals surface area contributed by atoms with Gasteiger partial charge in [-0.05, 0) is 12.1 Å². The Morgan fingerprint density at radius 1 is 1.30 bits per heavy atom. The molecule has 0 fully saturated rings. The fraction of sp³-hybridized carbons (Fsp3) is 0.231. The van der Waals surface area contributed by atoms with Crippen molar-refractivity contribution in [3.8, 4) is 29.0 Å². The van der Waals surface area contributed by atoms with E-state index in [1.807, 2.05) is 0 Å². The maximum absolute atomic E-state index is 12.8. The largest absolute Gasteiger partial charge is 0.481 e. The molecule has 0 aromatic carbocycles. The monoisotopic (exact) mass is 279 g/mol. The number of ether oxygens (including phenoxy) is 2. The number of rotatable bonds is 4. The van der Waals surface area contributed by atoms with Crippen molar-refractivity contribution < 1.29 is 18.3 Å². The van der Waals surface area contributed by atoms with Gasteiger partial charge in [-0.3, -0.25) is 4.57 Å². The van der Waals surface area contributed by atoms with Gasteiger partial charge in [-0.15, -0.1) is 0 Å². The molecular weight excluding hydrogens is 268 g/mol. The molecule has 5 nitrogen and oxygen atoms in total. The van der Waals surface area contributed by atoms with Gasteiger partial charge in [-0.2, -0.15) is 19.0 Å². The number of nitrogens with zero attached hydrogens (tertiary/aromatic N) is 3. The summed E-state index contributed by atoms with van der Waals surface area (Å²) in [6.45, 7) is -2.78. The second-order valence-electron chi connectivity index (χ2n) is 3.82. The van der Waals surface area contributed by atoms with E-state index in [4.69, 9.17) is 14.7 Å². The molecule has 0 amide bonds. The van der Waals surface area contributed by atoms with Gasteiger partial charge < -0.3 is 9.47 Å². The fourth-order valence-corrected chi connectivity index (χ4v) is 1.79. The summed E-state index contributed by atoms with van der Waals surface area (Å²) in [5.41, 5.74) is 0.797. The summed E-state index contributed by atoms with van der Waals surface area (Å²) < 4.78 is 36.3. The van der Waals surface area contributed by atoms with Gasteiger partial charge in [0.05, 0.1) is 14.2 Å². The molecular formula is C13H11F2N3O2. The zero-order chi connectivity index (χ0) is 14.7. The lowest BCUT2D eigenvalue weighted by Gasteiger charge is -2.07. The lowest BCUT2D eigenvalue weighted by Crippen LogP contribution is -1.98. The van der Waals surface area contributed by atoms with E-state index in [-0.39, 0.29) is 11.6 Å². The molecule has 0 atom stereocenters. The maximum atomic E-state index is 12.8. The SMILES string of the molecule is COc1ccc(-c2cc(C#N)n(C(F)F)c2)c(OC)n1. The van der Waals surface area contributed by atoms with Gasteiger partial charge in [-0.1, -0.05) is 0 Å². The molecule has 0 saturated heterocycles. The number of nitriles is 1. The lowest BCUT2D eigenvalue weighted by molar-refractivity contribution is 0.0699. The van der Waals surface area contributed by atoms with Gasteiger partial charge in [0, 0.05) is 23.4 Å². The molecule has 2 aromatic rings. The minimum absolute atomic E-state index is 0.132. The lowest BCUT2D eigenvalue weighted by atomic mass is 10.1. The highest BCUT2D eigenvalue weighted by atomic mass is 19.3. The van der Waals surface area contributed by atoms with Crippen LogP contribution in [0.15, 0.2) is 24.4 Å². The topological polar surface area (TPSA) is 60.1 Å². The number of aromatic nitrogens is 2. The third kappa shape index (κ3) is 2.40. The maximum Gasteiger partial charge on any atom is 0.319 e. The molecule has 2 rings (SSSR count). The number of methoxy groups -OCH3 is 2. The van der Waals surface area contributed by atoms with E-state index in [0.29, 0.717) is 21.6 Å². The third-order valence-electron chi connectivity index (χ3n) is 2.72. The quantitative estimate of drug-likeness (QED) is 0.863. The van der Waals surface area contributed by atoms with Gasteiger partial charge >= 0.3 is 6.55 Å².